The number of unbranched alkanes of at least 4 members (excludes halogenated alkanes) is 6. The summed E-state index contributed by atoms with van der Waals surface area (Å²) in [7, 11) is 0. The van der Waals surface area contributed by atoms with Crippen molar-refractivity contribution in [3.63, 3.8) is 0 Å². The molecule has 0 saturated heterocycles. The van der Waals surface area contributed by atoms with Gasteiger partial charge in [0.25, 0.3) is 0 Å². The summed E-state index contributed by atoms with van der Waals surface area (Å²) in [6, 6.07) is 0. The molecular formula is C21H42O4. The monoisotopic (exact) mass is 358 g/mol. The molecule has 25 heavy (non-hydrogen) atoms. The van der Waals surface area contributed by atoms with Crippen molar-refractivity contribution in [1.29, 1.82) is 0 Å². The zero-order valence-corrected chi connectivity index (χ0v) is 17.2. The average molecular weight is 359 g/mol. The van der Waals surface area contributed by atoms with E-state index in [1.807, 2.05) is 0 Å². The van der Waals surface area contributed by atoms with Crippen LogP contribution >= 0.6 is 0 Å². The van der Waals surface area contributed by atoms with Crippen molar-refractivity contribution >= 4 is 0 Å². The Hall–Kier alpha value is -0.900. The predicted octanol–water partition coefficient (Wildman–Crippen LogP) is 6.55. The Bertz CT molecular complexity index is 302. The Morgan fingerprint density at radius 2 is 1.12 bits per heavy atom. The highest BCUT2D eigenvalue weighted by Gasteiger charge is 2.12. The lowest BCUT2D eigenvalue weighted by Gasteiger charge is -2.17. The average Bonchev–Trinajstić information content (AvgIpc) is 2.62. The third-order valence-corrected chi connectivity index (χ3v) is 3.88. The molecule has 0 spiro atoms. The molecule has 0 aromatic heterocycles. The molecule has 4 nitrogen and oxygen atoms in total. The van der Waals surface area contributed by atoms with Gasteiger partial charge >= 0.3 is 5.95 Å². The van der Waals surface area contributed by atoms with Crippen molar-refractivity contribution in [2.24, 2.45) is 0 Å². The van der Waals surface area contributed by atoms with Crippen LogP contribution in [0.5, 0.6) is 0 Å². The molecule has 0 unspecified atom stereocenters. The quantitative estimate of drug-likeness (QED) is 0.149. The van der Waals surface area contributed by atoms with Gasteiger partial charge in [0.05, 0.1) is 19.8 Å². The molecule has 0 aromatic carbocycles. The molecule has 0 bridgehead atoms. The molecule has 0 N–H and O–H groups in total. The van der Waals surface area contributed by atoms with E-state index >= 15 is 0 Å². The van der Waals surface area contributed by atoms with Crippen LogP contribution in [0.1, 0.15) is 98.3 Å². The molecule has 0 amide bonds. The van der Waals surface area contributed by atoms with Crippen LogP contribution in [0.15, 0.2) is 11.7 Å². The van der Waals surface area contributed by atoms with Crippen LogP contribution in [0.2, 0.25) is 0 Å². The fourth-order valence-corrected chi connectivity index (χ4v) is 2.34. The highest BCUT2D eigenvalue weighted by atomic mass is 16.7. The molecule has 0 fully saturated rings. The fraction of sp³-hybridized carbons (Fsp3) is 0.905. The number of hydrogen-bond acceptors (Lipinski definition) is 4. The van der Waals surface area contributed by atoms with Gasteiger partial charge in [0, 0.05) is 6.42 Å². The van der Waals surface area contributed by atoms with Gasteiger partial charge < -0.3 is 18.9 Å². The van der Waals surface area contributed by atoms with E-state index in [1.165, 1.54) is 38.5 Å². The van der Waals surface area contributed by atoms with E-state index in [0.717, 1.165) is 51.1 Å². The molecule has 0 aliphatic carbocycles. The summed E-state index contributed by atoms with van der Waals surface area (Å²) >= 11 is 0. The van der Waals surface area contributed by atoms with Crippen molar-refractivity contribution < 1.29 is 18.9 Å². The van der Waals surface area contributed by atoms with Crippen LogP contribution in [0.3, 0.4) is 0 Å². The fourth-order valence-electron chi connectivity index (χ4n) is 2.34. The van der Waals surface area contributed by atoms with Crippen LogP contribution < -0.4 is 0 Å². The number of rotatable bonds is 19. The predicted molar refractivity (Wildman–Crippen MR) is 104 cm³/mol. The third-order valence-electron chi connectivity index (χ3n) is 3.88. The second-order valence-electron chi connectivity index (χ2n) is 6.45. The van der Waals surface area contributed by atoms with E-state index in [4.69, 9.17) is 18.9 Å². The van der Waals surface area contributed by atoms with E-state index in [2.05, 4.69) is 27.7 Å². The SMILES string of the molecule is CCCCCOCOC(OCCCCC)=C(CCC)OCCCCC. The van der Waals surface area contributed by atoms with E-state index in [-0.39, 0.29) is 6.79 Å². The molecule has 0 aliphatic heterocycles. The van der Waals surface area contributed by atoms with Crippen LogP contribution in [-0.2, 0) is 18.9 Å². The first-order chi connectivity index (χ1) is 12.3. The zero-order valence-electron chi connectivity index (χ0n) is 17.2. The molecule has 0 rings (SSSR count). The minimum Gasteiger partial charge on any atom is -0.491 e. The maximum Gasteiger partial charge on any atom is 0.321 e. The third kappa shape index (κ3) is 15.1. The van der Waals surface area contributed by atoms with Gasteiger partial charge in [0.2, 0.25) is 0 Å². The zero-order chi connectivity index (χ0) is 18.6. The highest BCUT2D eigenvalue weighted by molar-refractivity contribution is 4.95. The molecule has 0 heterocycles. The van der Waals surface area contributed by atoms with Crippen molar-refractivity contribution in [3.05, 3.63) is 11.7 Å². The molecule has 4 heteroatoms. The van der Waals surface area contributed by atoms with Crippen LogP contribution in [0.25, 0.3) is 0 Å². The van der Waals surface area contributed by atoms with Gasteiger partial charge in [0.15, 0.2) is 12.6 Å². The minimum atomic E-state index is 0.234. The van der Waals surface area contributed by atoms with Crippen molar-refractivity contribution in [3.8, 4) is 0 Å². The minimum absolute atomic E-state index is 0.234. The second-order valence-corrected chi connectivity index (χ2v) is 6.45. The Morgan fingerprint density at radius 3 is 1.68 bits per heavy atom. The lowest BCUT2D eigenvalue weighted by atomic mass is 10.2. The summed E-state index contributed by atoms with van der Waals surface area (Å²) in [6.07, 6.45) is 12.1. The Balaban J connectivity index is 4.51. The lowest BCUT2D eigenvalue weighted by Crippen LogP contribution is -2.10. The van der Waals surface area contributed by atoms with E-state index < -0.39 is 0 Å². The number of hydrogen-bond donors (Lipinski definition) is 0. The van der Waals surface area contributed by atoms with Crippen LogP contribution in [-0.4, -0.2) is 26.6 Å². The Morgan fingerprint density at radius 1 is 0.560 bits per heavy atom. The van der Waals surface area contributed by atoms with Crippen molar-refractivity contribution in [2.45, 2.75) is 98.3 Å². The molecular weight excluding hydrogens is 316 g/mol. The van der Waals surface area contributed by atoms with Gasteiger partial charge in [0.1, 0.15) is 0 Å². The van der Waals surface area contributed by atoms with Gasteiger partial charge in [-0.3, -0.25) is 0 Å². The summed E-state index contributed by atoms with van der Waals surface area (Å²) in [5.41, 5.74) is 0. The maximum atomic E-state index is 5.97. The summed E-state index contributed by atoms with van der Waals surface area (Å²) in [5, 5.41) is 0. The van der Waals surface area contributed by atoms with Gasteiger partial charge in [-0.25, -0.2) is 0 Å². The summed E-state index contributed by atoms with van der Waals surface area (Å²) in [6.45, 7) is 11.1. The highest BCUT2D eigenvalue weighted by Crippen LogP contribution is 2.17. The molecule has 0 aliphatic rings. The first-order valence-corrected chi connectivity index (χ1v) is 10.5. The lowest BCUT2D eigenvalue weighted by molar-refractivity contribution is -0.0844. The van der Waals surface area contributed by atoms with E-state index in [0.29, 0.717) is 12.6 Å². The van der Waals surface area contributed by atoms with E-state index in [9.17, 15) is 0 Å². The van der Waals surface area contributed by atoms with Gasteiger partial charge in [-0.1, -0.05) is 66.2 Å². The molecule has 0 saturated carbocycles. The van der Waals surface area contributed by atoms with Gasteiger partial charge in [-0.05, 0) is 25.7 Å². The van der Waals surface area contributed by atoms with Gasteiger partial charge in [-0.15, -0.1) is 0 Å². The summed E-state index contributed by atoms with van der Waals surface area (Å²) in [4.78, 5) is 0. The Kier molecular flexibility index (Phi) is 18.7. The van der Waals surface area contributed by atoms with Crippen LogP contribution in [0, 0.1) is 0 Å². The molecule has 0 atom stereocenters. The van der Waals surface area contributed by atoms with E-state index in [1.54, 1.807) is 0 Å². The first kappa shape index (κ1) is 24.1. The topological polar surface area (TPSA) is 36.9 Å². The smallest absolute Gasteiger partial charge is 0.321 e. The molecule has 150 valence electrons. The van der Waals surface area contributed by atoms with Crippen molar-refractivity contribution in [2.75, 3.05) is 26.6 Å². The molecule has 0 aromatic rings. The Labute approximate surface area is 156 Å². The van der Waals surface area contributed by atoms with Crippen molar-refractivity contribution in [1.82, 2.24) is 0 Å². The van der Waals surface area contributed by atoms with Crippen LogP contribution in [0.4, 0.5) is 0 Å². The normalized spacial score (nSPS) is 12.0. The summed E-state index contributed by atoms with van der Waals surface area (Å²) < 4.78 is 23.2. The van der Waals surface area contributed by atoms with Gasteiger partial charge in [-0.2, -0.15) is 0 Å². The number of ether oxygens (including phenoxy) is 4. The number of allylic oxidation sites excluding steroid dienone is 1. The standard InChI is InChI=1S/C21H42O4/c1-5-9-12-16-22-19-25-21(24-18-14-11-7-3)20(15-8-4)23-17-13-10-6-2/h5-19H2,1-4H3. The molecule has 0 radical (unpaired) electrons. The second kappa shape index (κ2) is 19.4. The largest absolute Gasteiger partial charge is 0.491 e. The summed E-state index contributed by atoms with van der Waals surface area (Å²) in [5.74, 6) is 1.37. The first-order valence-electron chi connectivity index (χ1n) is 10.5. The maximum absolute atomic E-state index is 5.97.